The molecule has 1 N–H and O–H groups in total. The number of likely N-dealkylation sites (tertiary alicyclic amines) is 2. The van der Waals surface area contributed by atoms with Crippen LogP contribution in [0, 0.1) is 5.92 Å². The van der Waals surface area contributed by atoms with E-state index in [2.05, 4.69) is 15.1 Å². The van der Waals surface area contributed by atoms with Gasteiger partial charge in [-0.25, -0.2) is 0 Å². The highest BCUT2D eigenvalue weighted by atomic mass is 16.2. The second kappa shape index (κ2) is 7.99. The van der Waals surface area contributed by atoms with Crippen molar-refractivity contribution in [3.8, 4) is 0 Å². The molecule has 2 fully saturated rings. The smallest absolute Gasteiger partial charge is 0.234 e. The van der Waals surface area contributed by atoms with Crippen molar-refractivity contribution in [3.63, 3.8) is 0 Å². The summed E-state index contributed by atoms with van der Waals surface area (Å²) in [7, 11) is 0. The number of rotatable bonds is 5. The van der Waals surface area contributed by atoms with E-state index >= 15 is 0 Å². The summed E-state index contributed by atoms with van der Waals surface area (Å²) in [5.74, 6) is 1.02. The molecule has 116 valence electrons. The summed E-state index contributed by atoms with van der Waals surface area (Å²) in [5.41, 5.74) is 0. The summed E-state index contributed by atoms with van der Waals surface area (Å²) in [4.78, 5) is 16.7. The lowest BCUT2D eigenvalue weighted by molar-refractivity contribution is -0.123. The Balaban J connectivity index is 1.63. The molecular formula is C16H31N3O. The van der Waals surface area contributed by atoms with Crippen LogP contribution in [0.3, 0.4) is 0 Å². The molecule has 2 heterocycles. The van der Waals surface area contributed by atoms with Crippen molar-refractivity contribution in [1.82, 2.24) is 15.1 Å². The number of hydrogen-bond donors (Lipinski definition) is 1. The zero-order valence-corrected chi connectivity index (χ0v) is 13.2. The summed E-state index contributed by atoms with van der Waals surface area (Å²) in [5, 5.41) is 2.98. The first-order valence-corrected chi connectivity index (χ1v) is 8.37. The minimum absolute atomic E-state index is 0.175. The number of amides is 1. The van der Waals surface area contributed by atoms with Crippen LogP contribution >= 0.6 is 0 Å². The van der Waals surface area contributed by atoms with E-state index in [0.29, 0.717) is 6.54 Å². The third-order valence-electron chi connectivity index (χ3n) is 4.49. The van der Waals surface area contributed by atoms with Crippen LogP contribution in [-0.4, -0.2) is 61.0 Å². The Morgan fingerprint density at radius 2 is 1.70 bits per heavy atom. The van der Waals surface area contributed by atoms with Crippen molar-refractivity contribution in [2.75, 3.05) is 39.3 Å². The van der Waals surface area contributed by atoms with Crippen LogP contribution in [0.25, 0.3) is 0 Å². The van der Waals surface area contributed by atoms with E-state index < -0.39 is 0 Å². The second-order valence-corrected chi connectivity index (χ2v) is 6.80. The summed E-state index contributed by atoms with van der Waals surface area (Å²) in [6.45, 7) is 10.7. The van der Waals surface area contributed by atoms with E-state index in [1.54, 1.807) is 0 Å². The van der Waals surface area contributed by atoms with Gasteiger partial charge in [0.15, 0.2) is 0 Å². The first-order valence-electron chi connectivity index (χ1n) is 8.37. The predicted molar refractivity (Wildman–Crippen MR) is 82.7 cm³/mol. The standard InChI is InChI=1S/C16H31N3O/c1-14(2)17-16(20)13-19-10-6-15(7-11-19)12-18-8-4-3-5-9-18/h14-15H,3-13H2,1-2H3,(H,17,20). The Morgan fingerprint density at radius 1 is 1.05 bits per heavy atom. The zero-order chi connectivity index (χ0) is 14.4. The highest BCUT2D eigenvalue weighted by molar-refractivity contribution is 5.78. The maximum Gasteiger partial charge on any atom is 0.234 e. The van der Waals surface area contributed by atoms with Gasteiger partial charge in [0.1, 0.15) is 0 Å². The fraction of sp³-hybridized carbons (Fsp3) is 0.938. The van der Waals surface area contributed by atoms with Crippen molar-refractivity contribution in [2.24, 2.45) is 5.92 Å². The molecule has 0 spiro atoms. The van der Waals surface area contributed by atoms with Gasteiger partial charge in [0.25, 0.3) is 0 Å². The molecule has 0 unspecified atom stereocenters. The largest absolute Gasteiger partial charge is 0.353 e. The van der Waals surface area contributed by atoms with Gasteiger partial charge in [-0.1, -0.05) is 6.42 Å². The molecule has 4 nitrogen and oxygen atoms in total. The first-order chi connectivity index (χ1) is 9.63. The van der Waals surface area contributed by atoms with Gasteiger partial charge in [0.2, 0.25) is 5.91 Å². The molecular weight excluding hydrogens is 250 g/mol. The van der Waals surface area contributed by atoms with E-state index in [-0.39, 0.29) is 11.9 Å². The maximum atomic E-state index is 11.8. The zero-order valence-electron chi connectivity index (χ0n) is 13.2. The molecule has 1 amide bonds. The Labute approximate surface area is 123 Å². The van der Waals surface area contributed by atoms with Gasteiger partial charge in [-0.15, -0.1) is 0 Å². The van der Waals surface area contributed by atoms with E-state index in [9.17, 15) is 4.79 Å². The average Bonchev–Trinajstić information content (AvgIpc) is 2.41. The molecule has 0 aromatic rings. The molecule has 2 aliphatic rings. The third-order valence-corrected chi connectivity index (χ3v) is 4.49. The average molecular weight is 281 g/mol. The maximum absolute atomic E-state index is 11.8. The van der Waals surface area contributed by atoms with Gasteiger partial charge in [-0.2, -0.15) is 0 Å². The third kappa shape index (κ3) is 5.41. The van der Waals surface area contributed by atoms with Crippen LogP contribution < -0.4 is 5.32 Å². The lowest BCUT2D eigenvalue weighted by Crippen LogP contribution is -2.45. The SMILES string of the molecule is CC(C)NC(=O)CN1CCC(CN2CCCCC2)CC1. The molecule has 20 heavy (non-hydrogen) atoms. The van der Waals surface area contributed by atoms with Crippen LogP contribution in [0.15, 0.2) is 0 Å². The number of carbonyl (C=O) groups excluding carboxylic acids is 1. The van der Waals surface area contributed by atoms with Gasteiger partial charge in [-0.3, -0.25) is 9.69 Å². The van der Waals surface area contributed by atoms with Crippen LogP contribution in [0.2, 0.25) is 0 Å². The fourth-order valence-corrected chi connectivity index (χ4v) is 3.40. The minimum Gasteiger partial charge on any atom is -0.353 e. The van der Waals surface area contributed by atoms with Gasteiger partial charge in [0.05, 0.1) is 6.54 Å². The van der Waals surface area contributed by atoms with E-state index in [0.717, 1.165) is 19.0 Å². The lowest BCUT2D eigenvalue weighted by atomic mass is 9.95. The molecule has 0 bridgehead atoms. The predicted octanol–water partition coefficient (Wildman–Crippen LogP) is 1.71. The highest BCUT2D eigenvalue weighted by Gasteiger charge is 2.23. The molecule has 4 heteroatoms. The van der Waals surface area contributed by atoms with Crippen LogP contribution in [0.4, 0.5) is 0 Å². The molecule has 0 aliphatic carbocycles. The number of carbonyl (C=O) groups is 1. The lowest BCUT2D eigenvalue weighted by Gasteiger charge is -2.35. The summed E-state index contributed by atoms with van der Waals surface area (Å²) < 4.78 is 0. The molecule has 2 aliphatic heterocycles. The molecule has 0 radical (unpaired) electrons. The second-order valence-electron chi connectivity index (χ2n) is 6.80. The van der Waals surface area contributed by atoms with Crippen LogP contribution in [0.1, 0.15) is 46.0 Å². The van der Waals surface area contributed by atoms with Gasteiger partial charge in [-0.05, 0) is 71.6 Å². The number of nitrogens with zero attached hydrogens (tertiary/aromatic N) is 2. The molecule has 0 aromatic carbocycles. The quantitative estimate of drug-likeness (QED) is 0.833. The Hall–Kier alpha value is -0.610. The number of nitrogens with one attached hydrogen (secondary N) is 1. The summed E-state index contributed by atoms with van der Waals surface area (Å²) in [6, 6.07) is 0.249. The fourth-order valence-electron chi connectivity index (χ4n) is 3.40. The van der Waals surface area contributed by atoms with E-state index in [1.165, 1.54) is 51.7 Å². The first kappa shape index (κ1) is 15.8. The molecule has 2 rings (SSSR count). The Morgan fingerprint density at radius 3 is 2.30 bits per heavy atom. The van der Waals surface area contributed by atoms with Gasteiger partial charge in [0, 0.05) is 12.6 Å². The Bertz CT molecular complexity index is 292. The van der Waals surface area contributed by atoms with Crippen molar-refractivity contribution < 1.29 is 4.79 Å². The van der Waals surface area contributed by atoms with Crippen molar-refractivity contribution in [2.45, 2.75) is 52.0 Å². The number of piperidine rings is 2. The monoisotopic (exact) mass is 281 g/mol. The highest BCUT2D eigenvalue weighted by Crippen LogP contribution is 2.20. The molecule has 0 saturated carbocycles. The van der Waals surface area contributed by atoms with Gasteiger partial charge >= 0.3 is 0 Å². The number of hydrogen-bond acceptors (Lipinski definition) is 3. The molecule has 2 saturated heterocycles. The van der Waals surface area contributed by atoms with E-state index in [4.69, 9.17) is 0 Å². The van der Waals surface area contributed by atoms with Crippen molar-refractivity contribution in [3.05, 3.63) is 0 Å². The molecule has 0 aromatic heterocycles. The normalized spacial score (nSPS) is 23.1. The summed E-state index contributed by atoms with van der Waals surface area (Å²) >= 11 is 0. The van der Waals surface area contributed by atoms with Crippen LogP contribution in [-0.2, 0) is 4.79 Å². The summed E-state index contributed by atoms with van der Waals surface area (Å²) in [6.07, 6.45) is 6.69. The van der Waals surface area contributed by atoms with Crippen molar-refractivity contribution >= 4 is 5.91 Å². The van der Waals surface area contributed by atoms with Crippen molar-refractivity contribution in [1.29, 1.82) is 0 Å². The van der Waals surface area contributed by atoms with E-state index in [1.807, 2.05) is 13.8 Å². The minimum atomic E-state index is 0.175. The Kier molecular flexibility index (Phi) is 6.30. The van der Waals surface area contributed by atoms with Gasteiger partial charge < -0.3 is 10.2 Å². The molecule has 0 atom stereocenters. The van der Waals surface area contributed by atoms with Crippen LogP contribution in [0.5, 0.6) is 0 Å². The topological polar surface area (TPSA) is 35.6 Å².